The molecule has 1 fully saturated rings. The summed E-state index contributed by atoms with van der Waals surface area (Å²) in [7, 11) is 1.57. The second-order valence-electron chi connectivity index (χ2n) is 9.18. The van der Waals surface area contributed by atoms with Gasteiger partial charge in [0.1, 0.15) is 0 Å². The summed E-state index contributed by atoms with van der Waals surface area (Å²) < 4.78 is 5.06. The van der Waals surface area contributed by atoms with Crippen LogP contribution in [0.15, 0.2) is 36.7 Å². The topological polar surface area (TPSA) is 103 Å². The molecule has 2 amide bonds. The van der Waals surface area contributed by atoms with Crippen LogP contribution >= 0.6 is 11.6 Å². The van der Waals surface area contributed by atoms with E-state index in [0.29, 0.717) is 30.5 Å². The summed E-state index contributed by atoms with van der Waals surface area (Å²) in [6.07, 6.45) is 4.32. The second kappa shape index (κ2) is 9.57. The number of benzene rings is 1. The van der Waals surface area contributed by atoms with Crippen molar-refractivity contribution >= 4 is 28.5 Å². The molecule has 33 heavy (non-hydrogen) atoms. The molecule has 3 N–H and O–H groups in total. The maximum atomic E-state index is 12.7. The van der Waals surface area contributed by atoms with Crippen LogP contribution in [0.4, 0.5) is 4.79 Å². The lowest BCUT2D eigenvalue weighted by Gasteiger charge is -2.43. The molecule has 176 valence electrons. The fraction of sp³-hybridized carbons (Fsp3) is 0.458. The summed E-state index contributed by atoms with van der Waals surface area (Å²) in [5, 5.41) is 22.9. The highest BCUT2D eigenvalue weighted by Crippen LogP contribution is 2.46. The third-order valence-corrected chi connectivity index (χ3v) is 7.05. The fourth-order valence-corrected chi connectivity index (χ4v) is 4.87. The van der Waals surface area contributed by atoms with Crippen molar-refractivity contribution < 1.29 is 14.6 Å². The number of hydrogen-bond acceptors (Lipinski definition) is 5. The first kappa shape index (κ1) is 23.3. The van der Waals surface area contributed by atoms with Gasteiger partial charge in [-0.05, 0) is 41.9 Å². The first-order valence-corrected chi connectivity index (χ1v) is 11.5. The zero-order valence-electron chi connectivity index (χ0n) is 19.1. The summed E-state index contributed by atoms with van der Waals surface area (Å²) in [6.45, 7) is 5.86. The number of H-pyrrole nitrogens is 1. The molecule has 0 radical (unpaired) electrons. The van der Waals surface area contributed by atoms with Crippen LogP contribution in [0.3, 0.4) is 0 Å². The lowest BCUT2D eigenvalue weighted by molar-refractivity contribution is -0.0143. The standard InChI is InChI=1S/C24H30ClN5O3/c1-24(2,22(31)19-11-18(25)10-16-14-28-29-21(16)19)17-6-8-30(9-7-17)23(32)27-13-15-4-5-20(33-3)26-12-15/h4-5,10-12,14,17,22,31H,6-9,13H2,1-3H3,(H,27,32)(H,28,29)/t22-/m1/s1. The molecule has 1 atom stereocenters. The largest absolute Gasteiger partial charge is 0.481 e. The van der Waals surface area contributed by atoms with E-state index < -0.39 is 11.5 Å². The SMILES string of the molecule is COc1ccc(CNC(=O)N2CCC(C(C)(C)[C@H](O)c3cc(Cl)cc4cn[nH]c34)CC2)cn1. The zero-order valence-corrected chi connectivity index (χ0v) is 19.9. The Morgan fingerprint density at radius 3 is 2.76 bits per heavy atom. The molecule has 2 aromatic heterocycles. The molecular weight excluding hydrogens is 442 g/mol. The van der Waals surface area contributed by atoms with Crippen molar-refractivity contribution in [2.45, 2.75) is 39.3 Å². The molecule has 0 spiro atoms. The number of nitrogens with zero attached hydrogens (tertiary/aromatic N) is 3. The van der Waals surface area contributed by atoms with Gasteiger partial charge in [0.2, 0.25) is 5.88 Å². The number of methoxy groups -OCH3 is 1. The van der Waals surface area contributed by atoms with E-state index in [4.69, 9.17) is 16.3 Å². The number of aromatic nitrogens is 3. The zero-order chi connectivity index (χ0) is 23.6. The van der Waals surface area contributed by atoms with Crippen molar-refractivity contribution in [2.75, 3.05) is 20.2 Å². The fourth-order valence-electron chi connectivity index (χ4n) is 4.64. The van der Waals surface area contributed by atoms with Crippen molar-refractivity contribution in [3.8, 4) is 5.88 Å². The van der Waals surface area contributed by atoms with Crippen LogP contribution in [0.1, 0.15) is 43.9 Å². The molecule has 8 nitrogen and oxygen atoms in total. The molecular formula is C24H30ClN5O3. The predicted molar refractivity (Wildman–Crippen MR) is 127 cm³/mol. The Morgan fingerprint density at radius 1 is 1.33 bits per heavy atom. The number of carbonyl (C=O) groups excluding carboxylic acids is 1. The number of pyridine rings is 1. The van der Waals surface area contributed by atoms with E-state index in [-0.39, 0.29) is 11.9 Å². The highest BCUT2D eigenvalue weighted by molar-refractivity contribution is 6.31. The molecule has 1 aromatic carbocycles. The van der Waals surface area contributed by atoms with Crippen LogP contribution in [0.25, 0.3) is 10.9 Å². The number of piperidine rings is 1. The van der Waals surface area contributed by atoms with E-state index in [1.54, 1.807) is 25.6 Å². The molecule has 0 aliphatic carbocycles. The Kier molecular flexibility index (Phi) is 6.76. The summed E-state index contributed by atoms with van der Waals surface area (Å²) >= 11 is 6.29. The van der Waals surface area contributed by atoms with E-state index >= 15 is 0 Å². The minimum Gasteiger partial charge on any atom is -0.481 e. The molecule has 1 aliphatic heterocycles. The number of aliphatic hydroxyl groups excluding tert-OH is 1. The molecule has 0 unspecified atom stereocenters. The quantitative estimate of drug-likeness (QED) is 0.497. The number of amides is 2. The van der Waals surface area contributed by atoms with Crippen LogP contribution in [0.2, 0.25) is 5.02 Å². The normalized spacial score (nSPS) is 16.1. The second-order valence-corrected chi connectivity index (χ2v) is 9.62. The number of halogens is 1. The van der Waals surface area contributed by atoms with E-state index in [2.05, 4.69) is 34.3 Å². The lowest BCUT2D eigenvalue weighted by Crippen LogP contribution is -2.47. The van der Waals surface area contributed by atoms with E-state index in [9.17, 15) is 9.90 Å². The third kappa shape index (κ3) is 4.91. The first-order chi connectivity index (χ1) is 15.8. The maximum Gasteiger partial charge on any atom is 0.317 e. The smallest absolute Gasteiger partial charge is 0.317 e. The molecule has 3 heterocycles. The summed E-state index contributed by atoms with van der Waals surface area (Å²) in [5.74, 6) is 0.794. The van der Waals surface area contributed by atoms with Gasteiger partial charge in [-0.15, -0.1) is 0 Å². The van der Waals surface area contributed by atoms with Crippen molar-refractivity contribution in [1.29, 1.82) is 0 Å². The van der Waals surface area contributed by atoms with Gasteiger partial charge < -0.3 is 20.1 Å². The van der Waals surface area contributed by atoms with Gasteiger partial charge in [0.15, 0.2) is 0 Å². The number of ether oxygens (including phenoxy) is 1. The number of carbonyl (C=O) groups is 1. The van der Waals surface area contributed by atoms with Crippen LogP contribution in [-0.4, -0.2) is 51.4 Å². The number of likely N-dealkylation sites (tertiary alicyclic amines) is 1. The van der Waals surface area contributed by atoms with Crippen LogP contribution in [-0.2, 0) is 6.54 Å². The minimum absolute atomic E-state index is 0.0865. The van der Waals surface area contributed by atoms with Gasteiger partial charge in [-0.25, -0.2) is 9.78 Å². The van der Waals surface area contributed by atoms with Gasteiger partial charge in [-0.3, -0.25) is 5.10 Å². The summed E-state index contributed by atoms with van der Waals surface area (Å²) in [5.41, 5.74) is 2.08. The molecule has 9 heteroatoms. The Hall–Kier alpha value is -2.84. The van der Waals surface area contributed by atoms with Crippen molar-refractivity contribution in [3.63, 3.8) is 0 Å². The first-order valence-electron chi connectivity index (χ1n) is 11.1. The number of aromatic amines is 1. The van der Waals surface area contributed by atoms with Crippen LogP contribution in [0, 0.1) is 11.3 Å². The lowest BCUT2D eigenvalue weighted by atomic mass is 9.68. The number of rotatable bonds is 6. The Labute approximate surface area is 198 Å². The van der Waals surface area contributed by atoms with Crippen molar-refractivity contribution in [2.24, 2.45) is 11.3 Å². The predicted octanol–water partition coefficient (Wildman–Crippen LogP) is 4.30. The van der Waals surface area contributed by atoms with Crippen LogP contribution in [0.5, 0.6) is 5.88 Å². The van der Waals surface area contributed by atoms with E-state index in [0.717, 1.165) is 34.9 Å². The van der Waals surface area contributed by atoms with E-state index in [1.165, 1.54) is 0 Å². The maximum absolute atomic E-state index is 12.7. The van der Waals surface area contributed by atoms with Gasteiger partial charge in [0, 0.05) is 47.9 Å². The van der Waals surface area contributed by atoms with Crippen molar-refractivity contribution in [3.05, 3.63) is 52.8 Å². The van der Waals surface area contributed by atoms with E-state index in [1.807, 2.05) is 23.1 Å². The van der Waals surface area contributed by atoms with Gasteiger partial charge >= 0.3 is 6.03 Å². The number of aliphatic hydroxyl groups is 1. The highest BCUT2D eigenvalue weighted by Gasteiger charge is 2.40. The number of urea groups is 1. The minimum atomic E-state index is -0.716. The molecule has 1 saturated heterocycles. The van der Waals surface area contributed by atoms with Crippen LogP contribution < -0.4 is 10.1 Å². The third-order valence-electron chi connectivity index (χ3n) is 6.83. The van der Waals surface area contributed by atoms with Gasteiger partial charge in [-0.1, -0.05) is 31.5 Å². The molecule has 3 aromatic rings. The van der Waals surface area contributed by atoms with Gasteiger partial charge in [0.25, 0.3) is 0 Å². The Balaban J connectivity index is 1.36. The van der Waals surface area contributed by atoms with Crippen molar-refractivity contribution in [1.82, 2.24) is 25.4 Å². The monoisotopic (exact) mass is 471 g/mol. The molecule has 0 bridgehead atoms. The summed E-state index contributed by atoms with van der Waals surface area (Å²) in [4.78, 5) is 18.7. The highest BCUT2D eigenvalue weighted by atomic mass is 35.5. The Morgan fingerprint density at radius 2 is 2.09 bits per heavy atom. The Bertz CT molecular complexity index is 1110. The average molecular weight is 472 g/mol. The van der Waals surface area contributed by atoms with Gasteiger partial charge in [-0.2, -0.15) is 5.10 Å². The molecule has 1 aliphatic rings. The summed E-state index contributed by atoms with van der Waals surface area (Å²) in [6, 6.07) is 7.22. The average Bonchev–Trinajstić information content (AvgIpc) is 3.30. The van der Waals surface area contributed by atoms with Gasteiger partial charge in [0.05, 0.1) is 24.9 Å². The number of fused-ring (bicyclic) bond motifs is 1. The molecule has 0 saturated carbocycles. The number of hydrogen-bond donors (Lipinski definition) is 3. The number of nitrogens with one attached hydrogen (secondary N) is 2. The molecule has 4 rings (SSSR count).